The molecule has 0 aliphatic carbocycles. The fourth-order valence-corrected chi connectivity index (χ4v) is 2.13. The normalized spacial score (nSPS) is 10.5. The van der Waals surface area contributed by atoms with Crippen molar-refractivity contribution in [1.29, 1.82) is 0 Å². The Hall–Kier alpha value is -1.07. The predicted octanol–water partition coefficient (Wildman–Crippen LogP) is 3.04. The lowest BCUT2D eigenvalue weighted by atomic mass is 10.2. The molecule has 0 heterocycles. The van der Waals surface area contributed by atoms with Crippen LogP contribution in [0.2, 0.25) is 0 Å². The van der Waals surface area contributed by atoms with Crippen LogP contribution in [-0.2, 0) is 4.74 Å². The molecule has 1 N–H and O–H groups in total. The minimum absolute atomic E-state index is 0.110. The fraction of sp³-hybridized carbons (Fsp3) is 0.417. The van der Waals surface area contributed by atoms with Crippen LogP contribution in [0.25, 0.3) is 0 Å². The molecule has 0 bridgehead atoms. The summed E-state index contributed by atoms with van der Waals surface area (Å²) in [4.78, 5) is 11.1. The summed E-state index contributed by atoms with van der Waals surface area (Å²) in [5.41, 5.74) is 0.110. The summed E-state index contributed by atoms with van der Waals surface area (Å²) in [6.45, 7) is 3.24. The summed E-state index contributed by atoms with van der Waals surface area (Å²) >= 11 is 1.31. The molecule has 1 aromatic rings. The molecule has 0 saturated carbocycles. The van der Waals surface area contributed by atoms with Gasteiger partial charge in [0, 0.05) is 23.9 Å². The van der Waals surface area contributed by atoms with Crippen LogP contribution < -0.4 is 0 Å². The van der Waals surface area contributed by atoms with E-state index in [1.165, 1.54) is 30.0 Å². The van der Waals surface area contributed by atoms with Gasteiger partial charge in [0.25, 0.3) is 0 Å². The maximum absolute atomic E-state index is 13.4. The Morgan fingerprint density at radius 3 is 2.94 bits per heavy atom. The fourth-order valence-electron chi connectivity index (χ4n) is 1.23. The van der Waals surface area contributed by atoms with E-state index in [2.05, 4.69) is 0 Å². The van der Waals surface area contributed by atoms with Crippen LogP contribution in [0.5, 0.6) is 0 Å². The summed E-state index contributed by atoms with van der Waals surface area (Å²) in [7, 11) is 0. The van der Waals surface area contributed by atoms with Crippen molar-refractivity contribution < 1.29 is 19.0 Å². The molecule has 0 fully saturated rings. The largest absolute Gasteiger partial charge is 0.478 e. The van der Waals surface area contributed by atoms with E-state index in [4.69, 9.17) is 9.84 Å². The second-order valence-corrected chi connectivity index (χ2v) is 4.49. The highest BCUT2D eigenvalue weighted by molar-refractivity contribution is 7.99. The van der Waals surface area contributed by atoms with Gasteiger partial charge in [-0.3, -0.25) is 0 Å². The Morgan fingerprint density at radius 2 is 2.29 bits per heavy atom. The van der Waals surface area contributed by atoms with E-state index < -0.39 is 5.97 Å². The number of rotatable bonds is 7. The smallest absolute Gasteiger partial charge is 0.335 e. The zero-order chi connectivity index (χ0) is 12.7. The van der Waals surface area contributed by atoms with Gasteiger partial charge < -0.3 is 9.84 Å². The van der Waals surface area contributed by atoms with Gasteiger partial charge in [0.1, 0.15) is 5.82 Å². The van der Waals surface area contributed by atoms with Crippen LogP contribution in [0.1, 0.15) is 23.7 Å². The van der Waals surface area contributed by atoms with E-state index in [1.807, 2.05) is 6.92 Å². The van der Waals surface area contributed by atoms with Gasteiger partial charge in [0.05, 0.1) is 5.56 Å². The van der Waals surface area contributed by atoms with Gasteiger partial charge in [-0.15, -0.1) is 11.8 Å². The lowest BCUT2D eigenvalue weighted by Crippen LogP contribution is -1.98. The van der Waals surface area contributed by atoms with E-state index in [0.29, 0.717) is 23.9 Å². The van der Waals surface area contributed by atoms with Gasteiger partial charge >= 0.3 is 5.97 Å². The van der Waals surface area contributed by atoms with Gasteiger partial charge in [0.2, 0.25) is 0 Å². The van der Waals surface area contributed by atoms with Crippen molar-refractivity contribution in [1.82, 2.24) is 0 Å². The highest BCUT2D eigenvalue weighted by atomic mass is 32.2. The maximum atomic E-state index is 13.4. The van der Waals surface area contributed by atoms with Crippen molar-refractivity contribution >= 4 is 17.7 Å². The molecular weight excluding hydrogens is 243 g/mol. The van der Waals surface area contributed by atoms with Crippen LogP contribution in [0, 0.1) is 5.82 Å². The van der Waals surface area contributed by atoms with Gasteiger partial charge in [-0.25, -0.2) is 9.18 Å². The summed E-state index contributed by atoms with van der Waals surface area (Å²) < 4.78 is 18.5. The van der Waals surface area contributed by atoms with Crippen LogP contribution in [-0.4, -0.2) is 30.0 Å². The molecule has 0 aliphatic rings. The second kappa shape index (κ2) is 7.29. The van der Waals surface area contributed by atoms with E-state index in [1.54, 1.807) is 0 Å². The van der Waals surface area contributed by atoms with Crippen molar-refractivity contribution in [3.05, 3.63) is 29.6 Å². The molecular formula is C12H15FO3S. The summed E-state index contributed by atoms with van der Waals surface area (Å²) in [5, 5.41) is 8.79. The van der Waals surface area contributed by atoms with Crippen LogP contribution >= 0.6 is 11.8 Å². The number of aromatic carboxylic acids is 1. The Bertz CT molecular complexity index is 382. The minimum Gasteiger partial charge on any atom is -0.478 e. The van der Waals surface area contributed by atoms with Crippen LogP contribution in [0.4, 0.5) is 4.39 Å². The number of hydrogen-bond acceptors (Lipinski definition) is 3. The zero-order valence-electron chi connectivity index (χ0n) is 9.61. The Labute approximate surface area is 104 Å². The average Bonchev–Trinajstić information content (AvgIpc) is 2.30. The Morgan fingerprint density at radius 1 is 1.53 bits per heavy atom. The Balaban J connectivity index is 2.51. The molecule has 0 aliphatic heterocycles. The molecule has 0 amide bonds. The first kappa shape index (κ1) is 14.0. The van der Waals surface area contributed by atoms with E-state index in [-0.39, 0.29) is 11.4 Å². The third kappa shape index (κ3) is 4.75. The number of thioether (sulfide) groups is 1. The zero-order valence-corrected chi connectivity index (χ0v) is 10.4. The van der Waals surface area contributed by atoms with Gasteiger partial charge in [-0.2, -0.15) is 0 Å². The second-order valence-electron chi connectivity index (χ2n) is 3.35. The first-order valence-electron chi connectivity index (χ1n) is 5.38. The third-order valence-electron chi connectivity index (χ3n) is 2.07. The van der Waals surface area contributed by atoms with E-state index >= 15 is 0 Å². The molecule has 3 nitrogen and oxygen atoms in total. The van der Waals surface area contributed by atoms with Crippen molar-refractivity contribution in [2.45, 2.75) is 18.2 Å². The lowest BCUT2D eigenvalue weighted by molar-refractivity contribution is 0.0696. The average molecular weight is 258 g/mol. The maximum Gasteiger partial charge on any atom is 0.335 e. The topological polar surface area (TPSA) is 46.5 Å². The number of carboxylic acid groups (broad SMARTS) is 1. The third-order valence-corrected chi connectivity index (χ3v) is 3.19. The molecule has 1 rings (SSSR count). The number of carbonyl (C=O) groups is 1. The number of carboxylic acids is 1. The quantitative estimate of drug-likeness (QED) is 0.603. The molecule has 0 atom stereocenters. The molecule has 17 heavy (non-hydrogen) atoms. The number of benzene rings is 1. The SMILES string of the molecule is CCOCCCSc1cc(C(=O)O)ccc1F. The summed E-state index contributed by atoms with van der Waals surface area (Å²) in [6, 6.07) is 3.82. The minimum atomic E-state index is -1.04. The highest BCUT2D eigenvalue weighted by Crippen LogP contribution is 2.23. The number of halogens is 1. The van der Waals surface area contributed by atoms with Crippen LogP contribution in [0.3, 0.4) is 0 Å². The van der Waals surface area contributed by atoms with Crippen molar-refractivity contribution in [2.75, 3.05) is 19.0 Å². The van der Waals surface area contributed by atoms with E-state index in [9.17, 15) is 9.18 Å². The Kier molecular flexibility index (Phi) is 6.00. The molecule has 0 saturated heterocycles. The standard InChI is InChI=1S/C12H15FO3S/c1-2-16-6-3-7-17-11-8-9(12(14)15)4-5-10(11)13/h4-5,8H,2-3,6-7H2,1H3,(H,14,15). The predicted molar refractivity (Wildman–Crippen MR) is 65.2 cm³/mol. The monoisotopic (exact) mass is 258 g/mol. The summed E-state index contributed by atoms with van der Waals surface area (Å²) in [6.07, 6.45) is 0.815. The first-order chi connectivity index (χ1) is 8.15. The number of hydrogen-bond donors (Lipinski definition) is 1. The summed E-state index contributed by atoms with van der Waals surface area (Å²) in [5.74, 6) is -0.711. The van der Waals surface area contributed by atoms with Crippen molar-refractivity contribution in [3.63, 3.8) is 0 Å². The molecule has 0 radical (unpaired) electrons. The lowest BCUT2D eigenvalue weighted by Gasteiger charge is -2.04. The molecule has 0 unspecified atom stereocenters. The highest BCUT2D eigenvalue weighted by Gasteiger charge is 2.08. The molecule has 94 valence electrons. The van der Waals surface area contributed by atoms with E-state index in [0.717, 1.165) is 6.42 Å². The van der Waals surface area contributed by atoms with Gasteiger partial charge in [-0.1, -0.05) is 0 Å². The van der Waals surface area contributed by atoms with Crippen molar-refractivity contribution in [3.8, 4) is 0 Å². The molecule has 5 heteroatoms. The van der Waals surface area contributed by atoms with Gasteiger partial charge in [-0.05, 0) is 31.5 Å². The molecule has 0 spiro atoms. The molecule has 0 aromatic heterocycles. The molecule has 1 aromatic carbocycles. The van der Waals surface area contributed by atoms with Crippen LogP contribution in [0.15, 0.2) is 23.1 Å². The van der Waals surface area contributed by atoms with Crippen molar-refractivity contribution in [2.24, 2.45) is 0 Å². The van der Waals surface area contributed by atoms with Gasteiger partial charge in [0.15, 0.2) is 0 Å². The number of ether oxygens (including phenoxy) is 1. The first-order valence-corrected chi connectivity index (χ1v) is 6.37.